The highest BCUT2D eigenvalue weighted by atomic mass is 32.2. The van der Waals surface area contributed by atoms with Crippen LogP contribution in [0.25, 0.3) is 0 Å². The standard InChI is InChI=1S/C7H13NS.C2H6/c1-5-6(2)9-7(3)8-4;1-2/h5H,1-4H3;1-2H3/b6-5+,8-7?;. The lowest BCUT2D eigenvalue weighted by atomic mass is 10.6. The van der Waals surface area contributed by atoms with Crippen LogP contribution in [0.3, 0.4) is 0 Å². The minimum atomic E-state index is 1.12. The molecule has 1 nitrogen and oxygen atoms in total. The molecule has 0 bridgehead atoms. The summed E-state index contributed by atoms with van der Waals surface area (Å²) in [5, 5.41) is 1.12. The van der Waals surface area contributed by atoms with Crippen molar-refractivity contribution in [2.24, 2.45) is 4.99 Å². The van der Waals surface area contributed by atoms with E-state index in [-0.39, 0.29) is 0 Å². The van der Waals surface area contributed by atoms with Crippen LogP contribution < -0.4 is 0 Å². The number of aliphatic imine (C=N–C) groups is 1. The van der Waals surface area contributed by atoms with Crippen LogP contribution in [0.4, 0.5) is 0 Å². The van der Waals surface area contributed by atoms with E-state index in [2.05, 4.69) is 18.0 Å². The van der Waals surface area contributed by atoms with Crippen LogP contribution >= 0.6 is 11.8 Å². The summed E-state index contributed by atoms with van der Waals surface area (Å²) < 4.78 is 0. The molecule has 0 unspecified atom stereocenters. The Hall–Kier alpha value is -0.240. The zero-order chi connectivity index (χ0) is 9.28. The van der Waals surface area contributed by atoms with Crippen LogP contribution in [-0.4, -0.2) is 12.1 Å². The number of nitrogens with zero attached hydrogens (tertiary/aromatic N) is 1. The molecular weight excluding hydrogens is 154 g/mol. The molecular formula is C9H19NS. The molecule has 0 radical (unpaired) electrons. The van der Waals surface area contributed by atoms with Gasteiger partial charge in [0.15, 0.2) is 0 Å². The summed E-state index contributed by atoms with van der Waals surface area (Å²) in [5.41, 5.74) is 0. The van der Waals surface area contributed by atoms with E-state index < -0.39 is 0 Å². The summed E-state index contributed by atoms with van der Waals surface area (Å²) in [7, 11) is 1.81. The molecule has 11 heavy (non-hydrogen) atoms. The summed E-state index contributed by atoms with van der Waals surface area (Å²) >= 11 is 1.71. The largest absolute Gasteiger partial charge is 0.286 e. The number of allylic oxidation sites excluding steroid dienone is 2. The number of hydrogen-bond acceptors (Lipinski definition) is 2. The van der Waals surface area contributed by atoms with E-state index in [4.69, 9.17) is 0 Å². The molecule has 0 saturated carbocycles. The van der Waals surface area contributed by atoms with E-state index in [9.17, 15) is 0 Å². The molecule has 0 aromatic heterocycles. The second kappa shape index (κ2) is 9.76. The van der Waals surface area contributed by atoms with Crippen molar-refractivity contribution < 1.29 is 0 Å². The fraction of sp³-hybridized carbons (Fsp3) is 0.667. The van der Waals surface area contributed by atoms with E-state index in [1.54, 1.807) is 11.8 Å². The van der Waals surface area contributed by atoms with Gasteiger partial charge in [-0.1, -0.05) is 31.7 Å². The summed E-state index contributed by atoms with van der Waals surface area (Å²) in [6.07, 6.45) is 2.08. The summed E-state index contributed by atoms with van der Waals surface area (Å²) in [6.45, 7) is 10.1. The molecule has 66 valence electrons. The van der Waals surface area contributed by atoms with Crippen LogP contribution in [0.5, 0.6) is 0 Å². The number of hydrogen-bond donors (Lipinski definition) is 0. The molecule has 0 aliphatic carbocycles. The van der Waals surface area contributed by atoms with Gasteiger partial charge >= 0.3 is 0 Å². The van der Waals surface area contributed by atoms with Crippen LogP contribution in [0.1, 0.15) is 34.6 Å². The Morgan fingerprint density at radius 2 is 1.73 bits per heavy atom. The van der Waals surface area contributed by atoms with Gasteiger partial charge in [0, 0.05) is 7.05 Å². The van der Waals surface area contributed by atoms with Crippen molar-refractivity contribution in [1.29, 1.82) is 0 Å². The van der Waals surface area contributed by atoms with E-state index in [0.29, 0.717) is 0 Å². The molecule has 0 aliphatic rings. The highest BCUT2D eigenvalue weighted by Gasteiger charge is 1.89. The Kier molecular flexibility index (Phi) is 11.9. The maximum Gasteiger partial charge on any atom is 0.0685 e. The van der Waals surface area contributed by atoms with E-state index >= 15 is 0 Å². The van der Waals surface area contributed by atoms with Crippen molar-refractivity contribution in [2.75, 3.05) is 7.05 Å². The second-order valence-electron chi connectivity index (χ2n) is 1.74. The summed E-state index contributed by atoms with van der Waals surface area (Å²) in [4.78, 5) is 5.32. The van der Waals surface area contributed by atoms with E-state index in [1.807, 2.05) is 34.7 Å². The Morgan fingerprint density at radius 3 is 2.00 bits per heavy atom. The molecule has 0 N–H and O–H groups in total. The summed E-state index contributed by atoms with van der Waals surface area (Å²) in [5.74, 6) is 0. The molecule has 0 rings (SSSR count). The maximum absolute atomic E-state index is 4.02. The van der Waals surface area contributed by atoms with Crippen molar-refractivity contribution in [3.8, 4) is 0 Å². The molecule has 2 heteroatoms. The third-order valence-corrected chi connectivity index (χ3v) is 2.07. The van der Waals surface area contributed by atoms with Crippen LogP contribution in [0, 0.1) is 0 Å². The van der Waals surface area contributed by atoms with Gasteiger partial charge in [-0.25, -0.2) is 0 Å². The predicted molar refractivity (Wildman–Crippen MR) is 57.4 cm³/mol. The van der Waals surface area contributed by atoms with Crippen molar-refractivity contribution in [1.82, 2.24) is 0 Å². The maximum atomic E-state index is 4.02. The minimum absolute atomic E-state index is 1.12. The topological polar surface area (TPSA) is 12.4 Å². The van der Waals surface area contributed by atoms with Gasteiger partial charge in [0.1, 0.15) is 0 Å². The van der Waals surface area contributed by atoms with E-state index in [1.165, 1.54) is 4.91 Å². The first kappa shape index (κ1) is 13.4. The average molecular weight is 173 g/mol. The average Bonchev–Trinajstić information content (AvgIpc) is 2.07. The lowest BCUT2D eigenvalue weighted by Gasteiger charge is -1.96. The zero-order valence-electron chi connectivity index (χ0n) is 8.43. The monoisotopic (exact) mass is 173 g/mol. The minimum Gasteiger partial charge on any atom is -0.286 e. The quantitative estimate of drug-likeness (QED) is 0.435. The third kappa shape index (κ3) is 9.76. The van der Waals surface area contributed by atoms with Gasteiger partial charge in [0.05, 0.1) is 5.04 Å². The molecule has 0 atom stereocenters. The Labute approximate surface area is 75.0 Å². The first-order valence-electron chi connectivity index (χ1n) is 3.95. The van der Waals surface area contributed by atoms with Gasteiger partial charge in [-0.15, -0.1) is 0 Å². The lowest BCUT2D eigenvalue weighted by molar-refractivity contribution is 1.45. The Morgan fingerprint density at radius 1 is 1.27 bits per heavy atom. The number of rotatable bonds is 1. The molecule has 0 heterocycles. The van der Waals surface area contributed by atoms with Crippen molar-refractivity contribution in [3.63, 3.8) is 0 Å². The van der Waals surface area contributed by atoms with Gasteiger partial charge in [-0.3, -0.25) is 4.99 Å². The van der Waals surface area contributed by atoms with Gasteiger partial charge in [0.25, 0.3) is 0 Å². The number of thioether (sulfide) groups is 1. The normalized spacial score (nSPS) is 12.2. The van der Waals surface area contributed by atoms with E-state index in [0.717, 1.165) is 5.04 Å². The molecule has 0 spiro atoms. The zero-order valence-corrected chi connectivity index (χ0v) is 9.25. The van der Waals surface area contributed by atoms with Gasteiger partial charge in [-0.2, -0.15) is 0 Å². The molecule has 0 fully saturated rings. The van der Waals surface area contributed by atoms with Crippen molar-refractivity contribution >= 4 is 16.8 Å². The van der Waals surface area contributed by atoms with Crippen LogP contribution in [0.2, 0.25) is 0 Å². The highest BCUT2D eigenvalue weighted by Crippen LogP contribution is 2.15. The first-order valence-corrected chi connectivity index (χ1v) is 4.76. The van der Waals surface area contributed by atoms with Gasteiger partial charge < -0.3 is 0 Å². The molecule has 0 saturated heterocycles. The lowest BCUT2D eigenvalue weighted by Crippen LogP contribution is -1.80. The van der Waals surface area contributed by atoms with Gasteiger partial charge in [0.2, 0.25) is 0 Å². The third-order valence-electron chi connectivity index (χ3n) is 1.03. The first-order chi connectivity index (χ1) is 5.20. The molecule has 0 aliphatic heterocycles. The Balaban J connectivity index is 0. The smallest absolute Gasteiger partial charge is 0.0685 e. The highest BCUT2D eigenvalue weighted by molar-refractivity contribution is 8.17. The molecule has 0 aromatic rings. The fourth-order valence-corrected chi connectivity index (χ4v) is 1.01. The van der Waals surface area contributed by atoms with Gasteiger partial charge in [-0.05, 0) is 25.7 Å². The fourth-order valence-electron chi connectivity index (χ4n) is 0.338. The molecule has 0 aromatic carbocycles. The van der Waals surface area contributed by atoms with Crippen molar-refractivity contribution in [2.45, 2.75) is 34.6 Å². The second-order valence-corrected chi connectivity index (χ2v) is 3.18. The van der Waals surface area contributed by atoms with Crippen LogP contribution in [-0.2, 0) is 0 Å². The predicted octanol–water partition coefficient (Wildman–Crippen LogP) is 3.72. The van der Waals surface area contributed by atoms with Crippen LogP contribution in [0.15, 0.2) is 16.0 Å². The SMILES string of the molecule is C/C=C(\C)SC(C)=NC.CC. The van der Waals surface area contributed by atoms with Crippen molar-refractivity contribution in [3.05, 3.63) is 11.0 Å². The Bertz CT molecular complexity index is 120. The molecule has 0 amide bonds. The summed E-state index contributed by atoms with van der Waals surface area (Å²) in [6, 6.07) is 0.